The molecule has 4 nitrogen and oxygen atoms in total. The van der Waals surface area contributed by atoms with Crippen LogP contribution < -0.4 is 5.32 Å². The van der Waals surface area contributed by atoms with E-state index in [-0.39, 0.29) is 17.8 Å². The van der Waals surface area contributed by atoms with Crippen molar-refractivity contribution < 1.29 is 14.3 Å². The van der Waals surface area contributed by atoms with Crippen molar-refractivity contribution in [3.63, 3.8) is 0 Å². The summed E-state index contributed by atoms with van der Waals surface area (Å²) in [6.45, 7) is 8.38. The Morgan fingerprint density at radius 3 is 2.78 bits per heavy atom. The van der Waals surface area contributed by atoms with Gasteiger partial charge in [-0.05, 0) is 44.1 Å². The van der Waals surface area contributed by atoms with Crippen molar-refractivity contribution in [3.8, 4) is 0 Å². The van der Waals surface area contributed by atoms with Crippen LogP contribution in [0.5, 0.6) is 0 Å². The Balaban J connectivity index is 2.30. The smallest absolute Gasteiger partial charge is 0.341 e. The zero-order valence-electron chi connectivity index (χ0n) is 14.5. The van der Waals surface area contributed by atoms with Gasteiger partial charge in [-0.15, -0.1) is 11.3 Å². The van der Waals surface area contributed by atoms with Crippen molar-refractivity contribution >= 4 is 28.2 Å². The molecule has 0 unspecified atom stereocenters. The highest BCUT2D eigenvalue weighted by atomic mass is 32.1. The van der Waals surface area contributed by atoms with E-state index in [0.29, 0.717) is 23.1 Å². The number of nitrogens with one attached hydrogen (secondary N) is 1. The number of thiophene rings is 1. The average Bonchev–Trinajstić information content (AvgIpc) is 2.84. The van der Waals surface area contributed by atoms with Gasteiger partial charge in [0.15, 0.2) is 0 Å². The molecular formula is C18H27NO3S. The number of carbonyl (C=O) groups is 2. The highest BCUT2D eigenvalue weighted by Gasteiger charge is 2.29. The van der Waals surface area contributed by atoms with Gasteiger partial charge >= 0.3 is 5.97 Å². The van der Waals surface area contributed by atoms with Crippen molar-refractivity contribution in [2.75, 3.05) is 11.9 Å². The van der Waals surface area contributed by atoms with Crippen LogP contribution in [0.15, 0.2) is 0 Å². The average molecular weight is 337 g/mol. The van der Waals surface area contributed by atoms with Gasteiger partial charge in [-0.25, -0.2) is 4.79 Å². The molecule has 1 heterocycles. The first-order chi connectivity index (χ1) is 11.0. The second-order valence-corrected chi connectivity index (χ2v) is 7.56. The minimum Gasteiger partial charge on any atom is -0.462 e. The minimum absolute atomic E-state index is 0.0101. The Morgan fingerprint density at radius 2 is 2.13 bits per heavy atom. The molecule has 0 aliphatic heterocycles. The Labute approximate surface area is 142 Å². The molecule has 1 aliphatic carbocycles. The van der Waals surface area contributed by atoms with Crippen molar-refractivity contribution in [1.82, 2.24) is 0 Å². The summed E-state index contributed by atoms with van der Waals surface area (Å²) < 4.78 is 5.23. The van der Waals surface area contributed by atoms with Gasteiger partial charge in [-0.2, -0.15) is 0 Å². The lowest BCUT2D eigenvalue weighted by molar-refractivity contribution is -0.119. The van der Waals surface area contributed by atoms with E-state index < -0.39 is 0 Å². The summed E-state index contributed by atoms with van der Waals surface area (Å²) >= 11 is 1.55. The standard InChI is InChI=1S/C18H27NO3S/c1-5-7-12(4)16(20)19-17-15(18(21)22-6-2)13-9-8-11(3)10-14(13)23-17/h11-12H,5-10H2,1-4H3,(H,19,20)/t11-,12+/m1/s1. The third-order valence-corrected chi connectivity index (χ3v) is 5.57. The number of anilines is 1. The molecule has 2 atom stereocenters. The van der Waals surface area contributed by atoms with Gasteiger partial charge in [0.25, 0.3) is 0 Å². The number of amides is 1. The molecule has 2 rings (SSSR count). The highest BCUT2D eigenvalue weighted by molar-refractivity contribution is 7.17. The minimum atomic E-state index is -0.307. The normalized spacial score (nSPS) is 18.2. The first-order valence-electron chi connectivity index (χ1n) is 8.60. The topological polar surface area (TPSA) is 55.4 Å². The summed E-state index contributed by atoms with van der Waals surface area (Å²) in [5, 5.41) is 3.66. The Morgan fingerprint density at radius 1 is 1.39 bits per heavy atom. The molecule has 0 aromatic carbocycles. The first kappa shape index (κ1) is 18.0. The van der Waals surface area contributed by atoms with Crippen molar-refractivity contribution in [1.29, 1.82) is 0 Å². The van der Waals surface area contributed by atoms with Crippen LogP contribution >= 0.6 is 11.3 Å². The number of hydrogen-bond donors (Lipinski definition) is 1. The number of carbonyl (C=O) groups excluding carboxylic acids is 2. The SMILES string of the molecule is CCC[C@H](C)C(=O)Nc1sc2c(c1C(=O)OCC)CC[C@@H](C)C2. The molecule has 0 bridgehead atoms. The lowest BCUT2D eigenvalue weighted by Gasteiger charge is -2.18. The van der Waals surface area contributed by atoms with E-state index in [9.17, 15) is 9.59 Å². The molecule has 0 saturated heterocycles. The fourth-order valence-electron chi connectivity index (χ4n) is 3.06. The molecule has 1 aromatic rings. The van der Waals surface area contributed by atoms with Gasteiger partial charge in [0.05, 0.1) is 12.2 Å². The van der Waals surface area contributed by atoms with Crippen molar-refractivity contribution in [3.05, 3.63) is 16.0 Å². The molecule has 0 spiro atoms. The number of fused-ring (bicyclic) bond motifs is 1. The number of hydrogen-bond acceptors (Lipinski definition) is 4. The van der Waals surface area contributed by atoms with E-state index in [1.807, 2.05) is 6.92 Å². The van der Waals surface area contributed by atoms with E-state index in [0.717, 1.165) is 37.7 Å². The second kappa shape index (κ2) is 7.95. The van der Waals surface area contributed by atoms with Crippen LogP contribution in [0.3, 0.4) is 0 Å². The first-order valence-corrected chi connectivity index (χ1v) is 9.42. The Hall–Kier alpha value is -1.36. The molecule has 1 amide bonds. The van der Waals surface area contributed by atoms with E-state index >= 15 is 0 Å². The number of rotatable bonds is 6. The number of esters is 1. The zero-order valence-corrected chi connectivity index (χ0v) is 15.3. The maximum absolute atomic E-state index is 12.4. The monoisotopic (exact) mass is 337 g/mol. The highest BCUT2D eigenvalue weighted by Crippen LogP contribution is 2.40. The summed E-state index contributed by atoms with van der Waals surface area (Å²) in [6.07, 6.45) is 4.77. The Bertz CT molecular complexity index is 579. The van der Waals surface area contributed by atoms with Gasteiger partial charge in [0, 0.05) is 10.8 Å². The molecule has 5 heteroatoms. The molecule has 1 N–H and O–H groups in total. The molecule has 0 radical (unpaired) electrons. The fourth-order valence-corrected chi connectivity index (χ4v) is 4.46. The van der Waals surface area contributed by atoms with Gasteiger partial charge in [-0.3, -0.25) is 4.79 Å². The lowest BCUT2D eigenvalue weighted by Crippen LogP contribution is -2.21. The van der Waals surface area contributed by atoms with Crippen LogP contribution in [0.2, 0.25) is 0 Å². The van der Waals surface area contributed by atoms with Crippen LogP contribution in [-0.2, 0) is 22.4 Å². The van der Waals surface area contributed by atoms with Crippen LogP contribution in [0.4, 0.5) is 5.00 Å². The molecule has 128 valence electrons. The van der Waals surface area contributed by atoms with Gasteiger partial charge in [-0.1, -0.05) is 27.2 Å². The molecule has 0 fully saturated rings. The third-order valence-electron chi connectivity index (χ3n) is 4.40. The summed E-state index contributed by atoms with van der Waals surface area (Å²) in [5.41, 5.74) is 1.68. The van der Waals surface area contributed by atoms with Gasteiger partial charge < -0.3 is 10.1 Å². The molecule has 1 aliphatic rings. The second-order valence-electron chi connectivity index (χ2n) is 6.46. The molecule has 0 saturated carbocycles. The van der Waals surface area contributed by atoms with E-state index in [1.165, 1.54) is 4.88 Å². The molecule has 1 aromatic heterocycles. The van der Waals surface area contributed by atoms with Gasteiger partial charge in [0.1, 0.15) is 5.00 Å². The quantitative estimate of drug-likeness (QED) is 0.782. The van der Waals surface area contributed by atoms with Crippen molar-refractivity contribution in [2.45, 2.75) is 59.8 Å². The Kier molecular flexibility index (Phi) is 6.22. The number of ether oxygens (including phenoxy) is 1. The summed E-state index contributed by atoms with van der Waals surface area (Å²) in [5.74, 6) is 0.258. The van der Waals surface area contributed by atoms with Gasteiger partial charge in [0.2, 0.25) is 5.91 Å². The van der Waals surface area contributed by atoms with E-state index in [1.54, 1.807) is 18.3 Å². The largest absolute Gasteiger partial charge is 0.462 e. The summed E-state index contributed by atoms with van der Waals surface area (Å²) in [6, 6.07) is 0. The zero-order chi connectivity index (χ0) is 17.0. The van der Waals surface area contributed by atoms with Crippen LogP contribution in [0, 0.1) is 11.8 Å². The van der Waals surface area contributed by atoms with Crippen LogP contribution in [0.1, 0.15) is 67.8 Å². The van der Waals surface area contributed by atoms with E-state index in [2.05, 4.69) is 19.2 Å². The predicted octanol–water partition coefficient (Wildman–Crippen LogP) is 4.42. The van der Waals surface area contributed by atoms with Crippen molar-refractivity contribution in [2.24, 2.45) is 11.8 Å². The predicted molar refractivity (Wildman–Crippen MR) is 94.2 cm³/mol. The maximum atomic E-state index is 12.4. The lowest BCUT2D eigenvalue weighted by atomic mass is 9.88. The molecular weight excluding hydrogens is 310 g/mol. The molecule has 23 heavy (non-hydrogen) atoms. The van der Waals surface area contributed by atoms with Crippen LogP contribution in [0.25, 0.3) is 0 Å². The summed E-state index contributed by atoms with van der Waals surface area (Å²) in [4.78, 5) is 26.0. The van der Waals surface area contributed by atoms with E-state index in [4.69, 9.17) is 4.74 Å². The summed E-state index contributed by atoms with van der Waals surface area (Å²) in [7, 11) is 0. The third kappa shape index (κ3) is 4.14. The maximum Gasteiger partial charge on any atom is 0.341 e. The fraction of sp³-hybridized carbons (Fsp3) is 0.667. The van der Waals surface area contributed by atoms with Crippen LogP contribution in [-0.4, -0.2) is 18.5 Å².